The summed E-state index contributed by atoms with van der Waals surface area (Å²) in [5.74, 6) is 0. The summed E-state index contributed by atoms with van der Waals surface area (Å²) in [6.45, 7) is 11.3. The molecule has 0 unspecified atom stereocenters. The van der Waals surface area contributed by atoms with Gasteiger partial charge in [0.2, 0.25) is 0 Å². The van der Waals surface area contributed by atoms with E-state index in [1.165, 1.54) is 82.7 Å². The molecule has 2 aromatic carbocycles. The van der Waals surface area contributed by atoms with E-state index in [2.05, 4.69) is 83.1 Å². The van der Waals surface area contributed by atoms with E-state index in [-0.39, 0.29) is 0 Å². The second-order valence-electron chi connectivity index (χ2n) is 9.01. The first-order chi connectivity index (χ1) is 14.5. The van der Waals surface area contributed by atoms with Gasteiger partial charge in [0, 0.05) is 0 Å². The molecule has 2 aromatic rings. The van der Waals surface area contributed by atoms with Crippen molar-refractivity contribution in [3.05, 3.63) is 73.8 Å². The number of hydrogen-bond donors (Lipinski definition) is 0. The van der Waals surface area contributed by atoms with Gasteiger partial charge in [0.15, 0.2) is 0 Å². The maximum absolute atomic E-state index is 7.60. The van der Waals surface area contributed by atoms with Gasteiger partial charge in [-0.1, -0.05) is 0 Å². The molecular weight excluding hydrogens is 490 g/mol. The second kappa shape index (κ2) is 13.0. The summed E-state index contributed by atoms with van der Waals surface area (Å²) in [6, 6.07) is 18.0. The molecule has 0 aromatic heterocycles. The fourth-order valence-electron chi connectivity index (χ4n) is 4.38. The predicted octanol–water partition coefficient (Wildman–Crippen LogP) is 9.69. The SMILES string of the molecule is CCC[CH2][Sn]([CH2]CCC)([CH2]CCC)[C](Cl)=C(c1ccc(C)cc1)c1ccc(C)cc1. The van der Waals surface area contributed by atoms with Crippen LogP contribution in [0.5, 0.6) is 0 Å². The number of benzene rings is 2. The number of aryl methyl sites for hydroxylation is 2. The molecule has 0 N–H and O–H groups in total. The van der Waals surface area contributed by atoms with Crippen molar-refractivity contribution in [2.45, 2.75) is 86.5 Å². The summed E-state index contributed by atoms with van der Waals surface area (Å²) in [5, 5.41) is 0. The van der Waals surface area contributed by atoms with Crippen molar-refractivity contribution in [1.29, 1.82) is 0 Å². The second-order valence-corrected chi connectivity index (χ2v) is 23.3. The monoisotopic (exact) mass is 532 g/mol. The van der Waals surface area contributed by atoms with Gasteiger partial charge in [0.05, 0.1) is 0 Å². The zero-order valence-corrected chi connectivity index (χ0v) is 23.5. The van der Waals surface area contributed by atoms with Crippen LogP contribution in [0.1, 0.15) is 81.5 Å². The Balaban J connectivity index is 2.71. The van der Waals surface area contributed by atoms with Gasteiger partial charge in [-0.3, -0.25) is 0 Å². The Bertz CT molecular complexity index is 717. The van der Waals surface area contributed by atoms with Gasteiger partial charge in [-0.25, -0.2) is 0 Å². The Morgan fingerprint density at radius 2 is 0.967 bits per heavy atom. The summed E-state index contributed by atoms with van der Waals surface area (Å²) < 4.78 is 5.48. The molecule has 0 radical (unpaired) electrons. The fourth-order valence-corrected chi connectivity index (χ4v) is 21.7. The van der Waals surface area contributed by atoms with Gasteiger partial charge in [0.25, 0.3) is 0 Å². The topological polar surface area (TPSA) is 0 Å². The van der Waals surface area contributed by atoms with Crippen molar-refractivity contribution in [2.75, 3.05) is 0 Å². The third kappa shape index (κ3) is 6.89. The molecule has 0 saturated carbocycles. The van der Waals surface area contributed by atoms with Gasteiger partial charge >= 0.3 is 196 Å². The zero-order valence-electron chi connectivity index (χ0n) is 19.9. The molecule has 30 heavy (non-hydrogen) atoms. The summed E-state index contributed by atoms with van der Waals surface area (Å²) >= 11 is 4.88. The van der Waals surface area contributed by atoms with Crippen molar-refractivity contribution >= 4 is 35.6 Å². The summed E-state index contributed by atoms with van der Waals surface area (Å²) in [6.07, 6.45) is 7.79. The van der Waals surface area contributed by atoms with Crippen LogP contribution >= 0.6 is 11.6 Å². The molecule has 0 spiro atoms. The summed E-state index contributed by atoms with van der Waals surface area (Å²) in [5.41, 5.74) is 6.52. The van der Waals surface area contributed by atoms with Crippen LogP contribution < -0.4 is 0 Å². The third-order valence-corrected chi connectivity index (χ3v) is 23.9. The fraction of sp³-hybridized carbons (Fsp3) is 0.500. The van der Waals surface area contributed by atoms with Crippen LogP contribution in [-0.4, -0.2) is 18.4 Å². The first kappa shape index (κ1) is 25.5. The van der Waals surface area contributed by atoms with Crippen molar-refractivity contribution in [2.24, 2.45) is 0 Å². The molecule has 0 fully saturated rings. The molecule has 0 nitrogen and oxygen atoms in total. The number of rotatable bonds is 12. The van der Waals surface area contributed by atoms with E-state index in [4.69, 9.17) is 11.6 Å². The minimum absolute atomic E-state index is 1.27. The molecule has 0 atom stereocenters. The van der Waals surface area contributed by atoms with Crippen LogP contribution in [0.4, 0.5) is 0 Å². The minimum atomic E-state index is -2.72. The molecule has 0 amide bonds. The van der Waals surface area contributed by atoms with Gasteiger partial charge in [-0.2, -0.15) is 0 Å². The number of hydrogen-bond acceptors (Lipinski definition) is 0. The van der Waals surface area contributed by atoms with Crippen LogP contribution in [0, 0.1) is 13.8 Å². The Morgan fingerprint density at radius 1 is 0.633 bits per heavy atom. The molecule has 0 aliphatic rings. The van der Waals surface area contributed by atoms with Gasteiger partial charge in [-0.05, 0) is 0 Å². The Hall–Kier alpha value is -0.731. The van der Waals surface area contributed by atoms with Crippen LogP contribution in [0.15, 0.2) is 51.6 Å². The molecule has 0 aliphatic carbocycles. The zero-order chi connectivity index (χ0) is 22.0. The van der Waals surface area contributed by atoms with E-state index < -0.39 is 18.4 Å². The molecule has 0 saturated heterocycles. The van der Waals surface area contributed by atoms with E-state index in [1.807, 2.05) is 0 Å². The molecule has 2 heteroatoms. The first-order valence-electron chi connectivity index (χ1n) is 12.0. The van der Waals surface area contributed by atoms with E-state index in [1.54, 1.807) is 0 Å². The van der Waals surface area contributed by atoms with Gasteiger partial charge < -0.3 is 0 Å². The van der Waals surface area contributed by atoms with Crippen LogP contribution in [-0.2, 0) is 0 Å². The maximum atomic E-state index is 7.60. The molecule has 0 aliphatic heterocycles. The number of unbranched alkanes of at least 4 members (excludes halogenated alkanes) is 3. The average molecular weight is 532 g/mol. The Kier molecular flexibility index (Phi) is 11.0. The molecule has 0 bridgehead atoms. The van der Waals surface area contributed by atoms with E-state index >= 15 is 0 Å². The van der Waals surface area contributed by atoms with Crippen molar-refractivity contribution in [3.63, 3.8) is 0 Å². The van der Waals surface area contributed by atoms with Gasteiger partial charge in [0.1, 0.15) is 0 Å². The predicted molar refractivity (Wildman–Crippen MR) is 139 cm³/mol. The molecule has 164 valence electrons. The van der Waals surface area contributed by atoms with E-state index in [0.29, 0.717) is 0 Å². The summed E-state index contributed by atoms with van der Waals surface area (Å²) in [4.78, 5) is 0. The van der Waals surface area contributed by atoms with Gasteiger partial charge in [-0.15, -0.1) is 0 Å². The quantitative estimate of drug-likeness (QED) is 0.239. The first-order valence-corrected chi connectivity index (χ1v) is 19.9. The summed E-state index contributed by atoms with van der Waals surface area (Å²) in [7, 11) is 0. The van der Waals surface area contributed by atoms with E-state index in [0.717, 1.165) is 0 Å². The van der Waals surface area contributed by atoms with Crippen molar-refractivity contribution in [1.82, 2.24) is 0 Å². The Labute approximate surface area is 195 Å². The molecule has 2 rings (SSSR count). The number of halogens is 1. The van der Waals surface area contributed by atoms with Crippen LogP contribution in [0.3, 0.4) is 0 Å². The van der Waals surface area contributed by atoms with Crippen LogP contribution in [0.25, 0.3) is 5.57 Å². The third-order valence-electron chi connectivity index (χ3n) is 6.39. The van der Waals surface area contributed by atoms with E-state index in [9.17, 15) is 0 Å². The average Bonchev–Trinajstić information content (AvgIpc) is 2.76. The van der Waals surface area contributed by atoms with Crippen molar-refractivity contribution < 1.29 is 0 Å². The van der Waals surface area contributed by atoms with Crippen LogP contribution in [0.2, 0.25) is 13.3 Å². The molecular formula is C28H41ClSn. The van der Waals surface area contributed by atoms with Crippen molar-refractivity contribution in [3.8, 4) is 0 Å². The molecule has 0 heterocycles. The standard InChI is InChI=1S/C16H14Cl.3C4H9.Sn/c1-12-3-7-14(8-4-12)16(11-17)15-9-5-13(2)6-10-15;3*1-3-4-2;/h3-10H,1-2H3;3*1,3-4H2,2H3;. The normalized spacial score (nSPS) is 11.5. The Morgan fingerprint density at radius 3 is 1.27 bits per heavy atom.